The Morgan fingerprint density at radius 2 is 2.00 bits per heavy atom. The number of hydrogen-bond acceptors (Lipinski definition) is 12. The molecule has 2 saturated heterocycles. The number of ketones is 1. The van der Waals surface area contributed by atoms with Crippen LogP contribution in [0.25, 0.3) is 16.2 Å². The normalized spacial score (nSPS) is 17.4. The summed E-state index contributed by atoms with van der Waals surface area (Å²) < 4.78 is 22.4. The lowest BCUT2D eigenvalue weighted by Gasteiger charge is -2.39. The summed E-state index contributed by atoms with van der Waals surface area (Å²) in [6, 6.07) is 1.80. The summed E-state index contributed by atoms with van der Waals surface area (Å²) in [6.07, 6.45) is 7.72. The van der Waals surface area contributed by atoms with Crippen molar-refractivity contribution in [3.8, 4) is 5.13 Å². The fourth-order valence-electron chi connectivity index (χ4n) is 5.39. The molecule has 2 aliphatic rings. The maximum absolute atomic E-state index is 13.6. The molecule has 0 saturated carbocycles. The summed E-state index contributed by atoms with van der Waals surface area (Å²) in [7, 11) is 0. The fourth-order valence-corrected chi connectivity index (χ4v) is 6.01. The molecule has 2 fully saturated rings. The molecule has 0 aromatic carbocycles. The molecule has 0 amide bonds. The van der Waals surface area contributed by atoms with Crippen molar-refractivity contribution in [3.63, 3.8) is 0 Å². The third kappa shape index (κ3) is 5.53. The van der Waals surface area contributed by atoms with E-state index in [1.807, 2.05) is 4.90 Å². The highest BCUT2D eigenvalue weighted by atomic mass is 32.1. The Balaban J connectivity index is 1.24. The molecule has 13 heteroatoms. The second-order valence-corrected chi connectivity index (χ2v) is 11.5. The van der Waals surface area contributed by atoms with Crippen LogP contribution >= 0.6 is 11.3 Å². The molecule has 2 aliphatic heterocycles. The van der Waals surface area contributed by atoms with Crippen LogP contribution in [0.3, 0.4) is 0 Å². The van der Waals surface area contributed by atoms with Crippen LogP contribution in [0.2, 0.25) is 0 Å². The quantitative estimate of drug-likeness (QED) is 0.261. The zero-order valence-electron chi connectivity index (χ0n) is 23.3. The number of esters is 1. The second-order valence-electron chi connectivity index (χ2n) is 10.7. The highest BCUT2D eigenvalue weighted by Gasteiger charge is 2.34. The van der Waals surface area contributed by atoms with Crippen LogP contribution in [-0.4, -0.2) is 52.1 Å². The molecule has 0 bridgehead atoms. The molecule has 0 aliphatic carbocycles. The lowest BCUT2D eigenvalue weighted by Crippen LogP contribution is -2.51. The predicted molar refractivity (Wildman–Crippen MR) is 152 cm³/mol. The van der Waals surface area contributed by atoms with Crippen molar-refractivity contribution in [1.29, 1.82) is 0 Å². The van der Waals surface area contributed by atoms with Crippen molar-refractivity contribution >= 4 is 39.9 Å². The number of fused-ring (bicyclic) bond motifs is 1. The van der Waals surface area contributed by atoms with E-state index < -0.39 is 17.2 Å². The van der Waals surface area contributed by atoms with Gasteiger partial charge in [0.05, 0.1) is 17.4 Å². The summed E-state index contributed by atoms with van der Waals surface area (Å²) in [5.41, 5.74) is 0.227. The van der Waals surface area contributed by atoms with Crippen LogP contribution in [-0.2, 0) is 20.9 Å². The number of aryl methyl sites for hydroxylation is 2. The van der Waals surface area contributed by atoms with E-state index in [1.54, 1.807) is 29.1 Å². The lowest BCUT2D eigenvalue weighted by molar-refractivity contribution is -0.124. The minimum atomic E-state index is -0.903. The van der Waals surface area contributed by atoms with Gasteiger partial charge in [-0.3, -0.25) is 14.2 Å². The van der Waals surface area contributed by atoms with Gasteiger partial charge in [0, 0.05) is 43.9 Å². The van der Waals surface area contributed by atoms with Crippen LogP contribution in [0.1, 0.15) is 59.5 Å². The molecular formula is C29H30N4O8S. The van der Waals surface area contributed by atoms with Gasteiger partial charge in [-0.05, 0) is 51.2 Å². The van der Waals surface area contributed by atoms with Gasteiger partial charge in [-0.25, -0.2) is 19.6 Å². The number of anilines is 1. The topological polar surface area (TPSA) is 147 Å². The van der Waals surface area contributed by atoms with Gasteiger partial charge in [-0.1, -0.05) is 0 Å². The van der Waals surface area contributed by atoms with E-state index >= 15 is 0 Å². The molecule has 1 unspecified atom stereocenters. The van der Waals surface area contributed by atoms with Crippen molar-refractivity contribution in [2.24, 2.45) is 5.92 Å². The molecule has 12 nitrogen and oxygen atoms in total. The molecule has 0 spiro atoms. The zero-order valence-corrected chi connectivity index (χ0v) is 24.1. The highest BCUT2D eigenvalue weighted by Crippen LogP contribution is 2.30. The van der Waals surface area contributed by atoms with Gasteiger partial charge in [0.1, 0.15) is 17.2 Å². The lowest BCUT2D eigenvalue weighted by atomic mass is 9.90. The number of Topliss-reactive ketones (excluding diaryl/α,β-unsaturated/α-hetero) is 1. The SMILES string of the molecule is Cc1oc(=O)oc1COC(=O)c1cn(-c2nccs2)c2nc(N3CC(C(=O)CCC4CCCCO4)C3)cc(C)c2c1=O. The molecule has 0 radical (unpaired) electrons. The van der Waals surface area contributed by atoms with E-state index in [9.17, 15) is 19.2 Å². The number of rotatable bonds is 9. The Bertz CT molecular complexity index is 1740. The standard InChI is InChI=1S/C29H30N4O8S/c1-16-11-23(32-12-18(13-32)21(34)7-6-19-5-3-4-9-38-19)31-26-24(16)25(35)20(14-33(26)28-30-8-10-42-28)27(36)39-15-22-17(2)40-29(37)41-22/h8,10-11,14,18-19H,3-7,9,12-13,15H2,1-2H3. The Morgan fingerprint density at radius 3 is 2.69 bits per heavy atom. The van der Waals surface area contributed by atoms with Gasteiger partial charge in [0.2, 0.25) is 5.43 Å². The van der Waals surface area contributed by atoms with E-state index in [1.165, 1.54) is 24.5 Å². The number of pyridine rings is 2. The van der Waals surface area contributed by atoms with Crippen LogP contribution in [0.5, 0.6) is 0 Å². The molecule has 1 atom stereocenters. The first-order valence-corrected chi connectivity index (χ1v) is 14.8. The third-order valence-electron chi connectivity index (χ3n) is 7.80. The van der Waals surface area contributed by atoms with E-state index in [2.05, 4.69) is 4.98 Å². The van der Waals surface area contributed by atoms with E-state index in [4.69, 9.17) is 23.3 Å². The number of ether oxygens (including phenoxy) is 2. The molecule has 42 heavy (non-hydrogen) atoms. The maximum atomic E-state index is 13.6. The summed E-state index contributed by atoms with van der Waals surface area (Å²) in [5, 5.41) is 2.55. The Kier molecular flexibility index (Phi) is 7.78. The molecule has 6 heterocycles. The number of hydrogen-bond donors (Lipinski definition) is 0. The molecular weight excluding hydrogens is 564 g/mol. The molecule has 4 aromatic heterocycles. The molecule has 6 rings (SSSR count). The second kappa shape index (κ2) is 11.6. The number of aromatic nitrogens is 3. The van der Waals surface area contributed by atoms with Crippen molar-refractivity contribution < 1.29 is 27.9 Å². The number of carbonyl (C=O) groups excluding carboxylic acids is 2. The summed E-state index contributed by atoms with van der Waals surface area (Å²) >= 11 is 1.32. The van der Waals surface area contributed by atoms with Crippen LogP contribution in [0.15, 0.2) is 42.3 Å². The van der Waals surface area contributed by atoms with Crippen molar-refractivity contribution in [2.75, 3.05) is 24.6 Å². The van der Waals surface area contributed by atoms with Crippen molar-refractivity contribution in [3.05, 3.63) is 67.3 Å². The van der Waals surface area contributed by atoms with Gasteiger partial charge < -0.3 is 23.2 Å². The van der Waals surface area contributed by atoms with Gasteiger partial charge in [-0.15, -0.1) is 11.3 Å². The molecule has 0 N–H and O–H groups in total. The Morgan fingerprint density at radius 1 is 1.17 bits per heavy atom. The average molecular weight is 595 g/mol. The third-order valence-corrected chi connectivity index (χ3v) is 8.58. The van der Waals surface area contributed by atoms with E-state index in [0.717, 1.165) is 32.3 Å². The first kappa shape index (κ1) is 28.0. The Hall–Kier alpha value is -4.10. The van der Waals surface area contributed by atoms with Gasteiger partial charge in [0.15, 0.2) is 28.9 Å². The molecule has 220 valence electrons. The largest absolute Gasteiger partial charge is 0.519 e. The Labute approximate surface area is 243 Å². The fraction of sp³-hybridized carbons (Fsp3) is 0.448. The van der Waals surface area contributed by atoms with Crippen molar-refractivity contribution in [1.82, 2.24) is 14.5 Å². The van der Waals surface area contributed by atoms with Gasteiger partial charge in [0.25, 0.3) is 0 Å². The van der Waals surface area contributed by atoms with Gasteiger partial charge in [-0.2, -0.15) is 0 Å². The number of thiazole rings is 1. The van der Waals surface area contributed by atoms with Crippen molar-refractivity contribution in [2.45, 2.75) is 58.7 Å². The number of carbonyl (C=O) groups is 2. The van der Waals surface area contributed by atoms with Crippen LogP contribution in [0.4, 0.5) is 5.82 Å². The monoisotopic (exact) mass is 594 g/mol. The summed E-state index contributed by atoms with van der Waals surface area (Å²) in [6.45, 7) is 4.81. The minimum absolute atomic E-state index is 0.0607. The van der Waals surface area contributed by atoms with Crippen LogP contribution < -0.4 is 16.2 Å². The molecule has 4 aromatic rings. The summed E-state index contributed by atoms with van der Waals surface area (Å²) in [5.74, 6) is -0.719. The number of nitrogens with zero attached hydrogens (tertiary/aromatic N) is 4. The van der Waals surface area contributed by atoms with E-state index in [-0.39, 0.29) is 46.9 Å². The van der Waals surface area contributed by atoms with Gasteiger partial charge >= 0.3 is 11.8 Å². The first-order chi connectivity index (χ1) is 20.3. The highest BCUT2D eigenvalue weighted by molar-refractivity contribution is 7.12. The first-order valence-electron chi connectivity index (χ1n) is 13.9. The average Bonchev–Trinajstić information content (AvgIpc) is 3.59. The predicted octanol–water partition coefficient (Wildman–Crippen LogP) is 3.72. The smallest absolute Gasteiger partial charge is 0.454 e. The van der Waals surface area contributed by atoms with E-state index in [0.29, 0.717) is 41.7 Å². The maximum Gasteiger partial charge on any atom is 0.519 e. The summed E-state index contributed by atoms with van der Waals surface area (Å²) in [4.78, 5) is 61.9. The zero-order chi connectivity index (χ0) is 29.4. The minimum Gasteiger partial charge on any atom is -0.454 e. The van der Waals surface area contributed by atoms with Crippen LogP contribution in [0, 0.1) is 19.8 Å².